The minimum absolute atomic E-state index is 0.542. The van der Waals surface area contributed by atoms with Gasteiger partial charge in [0, 0.05) is 5.75 Å². The van der Waals surface area contributed by atoms with Crippen molar-refractivity contribution >= 4 is 11.8 Å². The van der Waals surface area contributed by atoms with Gasteiger partial charge >= 0.3 is 0 Å². The fraction of sp³-hybridized carbons (Fsp3) is 0.118. The SMILES string of the molecule is COc1ccccc1-c1nnc(SCc2cccc(C#N)c2)n1N. The molecule has 3 aromatic rings. The van der Waals surface area contributed by atoms with E-state index in [0.717, 1.165) is 11.1 Å². The Morgan fingerprint density at radius 1 is 1.21 bits per heavy atom. The number of aromatic nitrogens is 3. The Balaban J connectivity index is 1.81. The van der Waals surface area contributed by atoms with Gasteiger partial charge in [-0.2, -0.15) is 5.26 Å². The quantitative estimate of drug-likeness (QED) is 0.569. The van der Waals surface area contributed by atoms with Crippen LogP contribution in [-0.2, 0) is 5.75 Å². The summed E-state index contributed by atoms with van der Waals surface area (Å²) in [5.41, 5.74) is 2.45. The van der Waals surface area contributed by atoms with Gasteiger partial charge in [0.2, 0.25) is 5.16 Å². The molecule has 0 aliphatic carbocycles. The summed E-state index contributed by atoms with van der Waals surface area (Å²) in [5, 5.41) is 17.9. The van der Waals surface area contributed by atoms with Crippen LogP contribution in [0.15, 0.2) is 53.7 Å². The van der Waals surface area contributed by atoms with Gasteiger partial charge in [-0.1, -0.05) is 36.0 Å². The summed E-state index contributed by atoms with van der Waals surface area (Å²) < 4.78 is 6.80. The van der Waals surface area contributed by atoms with Gasteiger partial charge in [0.25, 0.3) is 0 Å². The second-order valence-electron chi connectivity index (χ2n) is 4.98. The molecule has 3 rings (SSSR count). The van der Waals surface area contributed by atoms with Crippen LogP contribution in [0.25, 0.3) is 11.4 Å². The maximum absolute atomic E-state index is 8.96. The first-order valence-corrected chi connectivity index (χ1v) is 8.17. The molecule has 0 bridgehead atoms. The third-order valence-corrected chi connectivity index (χ3v) is 4.45. The number of nitrogens with two attached hydrogens (primary N) is 1. The highest BCUT2D eigenvalue weighted by Crippen LogP contribution is 2.30. The fourth-order valence-corrected chi connectivity index (χ4v) is 3.07. The third-order valence-electron chi connectivity index (χ3n) is 3.44. The summed E-state index contributed by atoms with van der Waals surface area (Å²) in [6.45, 7) is 0. The fourth-order valence-electron chi connectivity index (χ4n) is 2.27. The minimum Gasteiger partial charge on any atom is -0.496 e. The number of ether oxygens (including phenoxy) is 1. The predicted octanol–water partition coefficient (Wildman–Crippen LogP) is 2.83. The smallest absolute Gasteiger partial charge is 0.210 e. The molecule has 0 spiro atoms. The Morgan fingerprint density at radius 2 is 2.04 bits per heavy atom. The van der Waals surface area contributed by atoms with Gasteiger partial charge in [0.05, 0.1) is 24.3 Å². The lowest BCUT2D eigenvalue weighted by Crippen LogP contribution is -2.12. The maximum Gasteiger partial charge on any atom is 0.210 e. The minimum atomic E-state index is 0.542. The first-order chi connectivity index (χ1) is 11.7. The molecule has 0 saturated carbocycles. The molecule has 6 nitrogen and oxygen atoms in total. The average molecular weight is 337 g/mol. The van der Waals surface area contributed by atoms with Gasteiger partial charge in [-0.05, 0) is 29.8 Å². The van der Waals surface area contributed by atoms with Crippen LogP contribution in [0.4, 0.5) is 0 Å². The zero-order valence-corrected chi connectivity index (χ0v) is 13.8. The molecule has 1 heterocycles. The van der Waals surface area contributed by atoms with Crippen LogP contribution in [0, 0.1) is 11.3 Å². The monoisotopic (exact) mass is 337 g/mol. The molecule has 120 valence electrons. The second-order valence-corrected chi connectivity index (χ2v) is 5.92. The number of hydrogen-bond donors (Lipinski definition) is 1. The molecule has 2 aromatic carbocycles. The Hall–Kier alpha value is -2.98. The van der Waals surface area contributed by atoms with E-state index in [-0.39, 0.29) is 0 Å². The normalized spacial score (nSPS) is 10.3. The zero-order chi connectivity index (χ0) is 16.9. The van der Waals surface area contributed by atoms with Crippen molar-refractivity contribution in [1.29, 1.82) is 5.26 Å². The largest absolute Gasteiger partial charge is 0.496 e. The van der Waals surface area contributed by atoms with Crippen LogP contribution in [0.1, 0.15) is 11.1 Å². The molecule has 0 fully saturated rings. The molecular weight excluding hydrogens is 322 g/mol. The number of nitrogen functional groups attached to an aromatic ring is 1. The van der Waals surface area contributed by atoms with Crippen LogP contribution in [0.5, 0.6) is 5.75 Å². The third kappa shape index (κ3) is 3.19. The zero-order valence-electron chi connectivity index (χ0n) is 13.0. The number of hydrogen-bond acceptors (Lipinski definition) is 6. The highest BCUT2D eigenvalue weighted by Gasteiger charge is 2.15. The number of thioether (sulfide) groups is 1. The highest BCUT2D eigenvalue weighted by molar-refractivity contribution is 7.98. The van der Waals surface area contributed by atoms with Crippen molar-refractivity contribution in [2.24, 2.45) is 0 Å². The van der Waals surface area contributed by atoms with E-state index in [0.29, 0.717) is 28.0 Å². The van der Waals surface area contributed by atoms with Gasteiger partial charge in [-0.3, -0.25) is 0 Å². The van der Waals surface area contributed by atoms with E-state index in [1.165, 1.54) is 16.4 Å². The number of nitriles is 1. The number of para-hydroxylation sites is 1. The molecule has 0 saturated heterocycles. The molecule has 0 aliphatic heterocycles. The van der Waals surface area contributed by atoms with Crippen molar-refractivity contribution < 1.29 is 4.74 Å². The number of nitrogens with zero attached hydrogens (tertiary/aromatic N) is 4. The summed E-state index contributed by atoms with van der Waals surface area (Å²) in [5.74, 6) is 8.02. The molecule has 7 heteroatoms. The van der Waals surface area contributed by atoms with Crippen LogP contribution in [0.2, 0.25) is 0 Å². The Kier molecular flexibility index (Phi) is 4.68. The van der Waals surface area contributed by atoms with Gasteiger partial charge in [-0.25, -0.2) is 4.68 Å². The van der Waals surface area contributed by atoms with E-state index < -0.39 is 0 Å². The van der Waals surface area contributed by atoms with Crippen LogP contribution in [0.3, 0.4) is 0 Å². The lowest BCUT2D eigenvalue weighted by molar-refractivity contribution is 0.416. The van der Waals surface area contributed by atoms with E-state index >= 15 is 0 Å². The molecule has 0 aliphatic rings. The van der Waals surface area contributed by atoms with E-state index in [1.807, 2.05) is 42.5 Å². The second kappa shape index (κ2) is 7.06. The summed E-state index contributed by atoms with van der Waals surface area (Å²) in [6.07, 6.45) is 0. The highest BCUT2D eigenvalue weighted by atomic mass is 32.2. The van der Waals surface area contributed by atoms with Gasteiger partial charge in [-0.15, -0.1) is 10.2 Å². The Labute approximate surface area is 143 Å². The van der Waals surface area contributed by atoms with Gasteiger partial charge in [0.1, 0.15) is 5.75 Å². The van der Waals surface area contributed by atoms with Crippen molar-refractivity contribution in [2.45, 2.75) is 10.9 Å². The lowest BCUT2D eigenvalue weighted by atomic mass is 10.2. The molecule has 1 aromatic heterocycles. The van der Waals surface area contributed by atoms with E-state index in [2.05, 4.69) is 16.3 Å². The van der Waals surface area contributed by atoms with Gasteiger partial charge in [0.15, 0.2) is 5.82 Å². The van der Waals surface area contributed by atoms with Crippen molar-refractivity contribution in [3.63, 3.8) is 0 Å². The summed E-state index contributed by atoms with van der Waals surface area (Å²) in [7, 11) is 1.61. The molecule has 0 unspecified atom stereocenters. The molecule has 0 amide bonds. The van der Waals surface area contributed by atoms with Crippen LogP contribution >= 0.6 is 11.8 Å². The molecule has 0 radical (unpaired) electrons. The van der Waals surface area contributed by atoms with Crippen molar-refractivity contribution in [2.75, 3.05) is 13.0 Å². The molecule has 2 N–H and O–H groups in total. The summed E-state index contributed by atoms with van der Waals surface area (Å²) >= 11 is 1.46. The average Bonchev–Trinajstić information content (AvgIpc) is 3.00. The predicted molar refractivity (Wildman–Crippen MR) is 92.9 cm³/mol. The maximum atomic E-state index is 8.96. The molecule has 0 atom stereocenters. The first kappa shape index (κ1) is 15.9. The van der Waals surface area contributed by atoms with Crippen molar-refractivity contribution in [1.82, 2.24) is 14.9 Å². The van der Waals surface area contributed by atoms with Crippen LogP contribution in [-0.4, -0.2) is 22.0 Å². The number of rotatable bonds is 5. The van der Waals surface area contributed by atoms with Crippen molar-refractivity contribution in [3.05, 3.63) is 59.7 Å². The number of benzene rings is 2. The summed E-state index contributed by atoms with van der Waals surface area (Å²) in [4.78, 5) is 0. The van der Waals surface area contributed by atoms with E-state index in [9.17, 15) is 0 Å². The van der Waals surface area contributed by atoms with E-state index in [4.69, 9.17) is 15.8 Å². The standard InChI is InChI=1S/C17H15N5OS/c1-23-15-8-3-2-7-14(15)16-20-21-17(22(16)19)24-11-13-6-4-5-12(9-13)10-18/h2-9H,11,19H2,1H3. The van der Waals surface area contributed by atoms with Crippen molar-refractivity contribution in [3.8, 4) is 23.2 Å². The number of methoxy groups -OCH3 is 1. The van der Waals surface area contributed by atoms with Gasteiger partial charge < -0.3 is 10.6 Å². The molecular formula is C17H15N5OS. The molecule has 24 heavy (non-hydrogen) atoms. The first-order valence-electron chi connectivity index (χ1n) is 7.18. The Bertz CT molecular complexity index is 900. The lowest BCUT2D eigenvalue weighted by Gasteiger charge is -2.08. The van der Waals surface area contributed by atoms with E-state index in [1.54, 1.807) is 13.2 Å². The summed E-state index contributed by atoms with van der Waals surface area (Å²) in [6, 6.07) is 17.1. The Morgan fingerprint density at radius 3 is 2.83 bits per heavy atom. The van der Waals surface area contributed by atoms with Crippen LogP contribution < -0.4 is 10.6 Å². The topological polar surface area (TPSA) is 89.8 Å².